The van der Waals surface area contributed by atoms with Gasteiger partial charge in [0, 0.05) is 5.92 Å². The third-order valence-corrected chi connectivity index (χ3v) is 3.51. The highest BCUT2D eigenvalue weighted by atomic mass is 14.6. The standard InChI is InChI=1S/C10H14/c1-5(2)9-8-4-6-3-7(6)10(8)9/h5-7,10H,3-4H2,1-2H3. The molecule has 3 aliphatic carbocycles. The van der Waals surface area contributed by atoms with Crippen LogP contribution in [0.15, 0.2) is 11.1 Å². The molecule has 54 valence electrons. The quantitative estimate of drug-likeness (QED) is 0.483. The minimum atomic E-state index is 0.863. The van der Waals surface area contributed by atoms with Gasteiger partial charge in [-0.05, 0) is 30.6 Å². The lowest BCUT2D eigenvalue weighted by Crippen LogP contribution is -1.90. The van der Waals surface area contributed by atoms with Crippen LogP contribution in [0.2, 0.25) is 0 Å². The Morgan fingerprint density at radius 3 is 2.70 bits per heavy atom. The first kappa shape index (κ1) is 5.40. The van der Waals surface area contributed by atoms with Crippen molar-refractivity contribution >= 4 is 0 Å². The van der Waals surface area contributed by atoms with Crippen LogP contribution in [-0.4, -0.2) is 0 Å². The van der Waals surface area contributed by atoms with E-state index in [-0.39, 0.29) is 0 Å². The van der Waals surface area contributed by atoms with Crippen molar-refractivity contribution in [3.8, 4) is 0 Å². The molecule has 3 aliphatic rings. The van der Waals surface area contributed by atoms with Gasteiger partial charge in [0.2, 0.25) is 0 Å². The van der Waals surface area contributed by atoms with Crippen LogP contribution in [0.4, 0.5) is 0 Å². The topological polar surface area (TPSA) is 0 Å². The van der Waals surface area contributed by atoms with Gasteiger partial charge in [-0.3, -0.25) is 0 Å². The van der Waals surface area contributed by atoms with Gasteiger partial charge in [0.1, 0.15) is 0 Å². The number of allylic oxidation sites excluding steroid dienone is 2. The molecule has 0 amide bonds. The third kappa shape index (κ3) is 0.457. The lowest BCUT2D eigenvalue weighted by Gasteiger charge is -1.99. The highest BCUT2D eigenvalue weighted by Gasteiger charge is 2.60. The number of hydrogen-bond acceptors (Lipinski definition) is 0. The lowest BCUT2D eigenvalue weighted by molar-refractivity contribution is 0.654. The molecule has 0 aromatic rings. The monoisotopic (exact) mass is 134 g/mol. The van der Waals surface area contributed by atoms with Gasteiger partial charge < -0.3 is 0 Å². The van der Waals surface area contributed by atoms with E-state index in [1.807, 2.05) is 11.1 Å². The Hall–Kier alpha value is -0.260. The van der Waals surface area contributed by atoms with Crippen LogP contribution in [0.5, 0.6) is 0 Å². The summed E-state index contributed by atoms with van der Waals surface area (Å²) in [4.78, 5) is 0. The molecular formula is C10H14. The van der Waals surface area contributed by atoms with Crippen LogP contribution in [0.1, 0.15) is 26.7 Å². The molecule has 0 heteroatoms. The Balaban J connectivity index is 1.87. The van der Waals surface area contributed by atoms with Crippen LogP contribution < -0.4 is 0 Å². The fourth-order valence-electron chi connectivity index (χ4n) is 2.97. The maximum atomic E-state index is 2.35. The van der Waals surface area contributed by atoms with E-state index in [1.165, 1.54) is 6.42 Å². The fraction of sp³-hybridized carbons (Fsp3) is 0.800. The van der Waals surface area contributed by atoms with Crippen molar-refractivity contribution in [3.05, 3.63) is 11.1 Å². The van der Waals surface area contributed by atoms with Gasteiger partial charge in [0.05, 0.1) is 0 Å². The summed E-state index contributed by atoms with van der Waals surface area (Å²) in [6, 6.07) is 0. The van der Waals surface area contributed by atoms with Gasteiger partial charge in [-0.1, -0.05) is 25.0 Å². The first-order valence-electron chi connectivity index (χ1n) is 4.52. The molecule has 0 spiro atoms. The zero-order chi connectivity index (χ0) is 6.88. The SMILES string of the molecule is CC(C)C1=C2CC3CC3C21. The Morgan fingerprint density at radius 2 is 2.20 bits per heavy atom. The fourth-order valence-corrected chi connectivity index (χ4v) is 2.97. The molecule has 3 atom stereocenters. The maximum Gasteiger partial charge on any atom is 0.00467 e. The summed E-state index contributed by atoms with van der Waals surface area (Å²) in [6.07, 6.45) is 3.05. The zero-order valence-corrected chi connectivity index (χ0v) is 6.72. The minimum Gasteiger partial charge on any atom is -0.0624 e. The summed E-state index contributed by atoms with van der Waals surface area (Å²) in [5.41, 5.74) is 3.72. The second-order valence-corrected chi connectivity index (χ2v) is 4.48. The lowest BCUT2D eigenvalue weighted by atomic mass is 10.1. The van der Waals surface area contributed by atoms with Crippen LogP contribution in [0, 0.1) is 23.7 Å². The van der Waals surface area contributed by atoms with Crippen LogP contribution in [-0.2, 0) is 0 Å². The van der Waals surface area contributed by atoms with Crippen molar-refractivity contribution in [3.63, 3.8) is 0 Å². The van der Waals surface area contributed by atoms with Gasteiger partial charge >= 0.3 is 0 Å². The molecule has 3 unspecified atom stereocenters. The maximum absolute atomic E-state index is 2.35. The van der Waals surface area contributed by atoms with E-state index in [0.717, 1.165) is 23.7 Å². The normalized spacial score (nSPS) is 47.7. The van der Waals surface area contributed by atoms with Crippen molar-refractivity contribution in [2.45, 2.75) is 26.7 Å². The molecule has 0 aromatic heterocycles. The van der Waals surface area contributed by atoms with E-state index in [1.54, 1.807) is 6.42 Å². The average Bonchev–Trinajstić information content (AvgIpc) is 2.70. The van der Waals surface area contributed by atoms with Crippen molar-refractivity contribution in [1.82, 2.24) is 0 Å². The first-order valence-corrected chi connectivity index (χ1v) is 4.52. The van der Waals surface area contributed by atoms with Gasteiger partial charge in [0.25, 0.3) is 0 Å². The molecular weight excluding hydrogens is 120 g/mol. The Kier molecular flexibility index (Phi) is 0.725. The van der Waals surface area contributed by atoms with Gasteiger partial charge in [-0.15, -0.1) is 0 Å². The molecule has 3 rings (SSSR count). The molecule has 0 nitrogen and oxygen atoms in total. The van der Waals surface area contributed by atoms with Gasteiger partial charge in [-0.2, -0.15) is 0 Å². The smallest absolute Gasteiger partial charge is 0.00467 e. The van der Waals surface area contributed by atoms with E-state index >= 15 is 0 Å². The largest absolute Gasteiger partial charge is 0.0624 e. The molecule has 2 fully saturated rings. The zero-order valence-electron chi connectivity index (χ0n) is 6.72. The van der Waals surface area contributed by atoms with Crippen LogP contribution in [0.3, 0.4) is 0 Å². The van der Waals surface area contributed by atoms with Gasteiger partial charge in [-0.25, -0.2) is 0 Å². The molecule has 0 heterocycles. The van der Waals surface area contributed by atoms with Crippen molar-refractivity contribution in [2.24, 2.45) is 23.7 Å². The van der Waals surface area contributed by atoms with E-state index in [9.17, 15) is 0 Å². The number of rotatable bonds is 1. The molecule has 0 aromatic carbocycles. The second kappa shape index (κ2) is 1.34. The number of fused-ring (bicyclic) bond motifs is 3. The van der Waals surface area contributed by atoms with Crippen molar-refractivity contribution in [1.29, 1.82) is 0 Å². The minimum absolute atomic E-state index is 0.863. The molecule has 0 bridgehead atoms. The highest BCUT2D eigenvalue weighted by Crippen LogP contribution is 2.70. The molecule has 0 aliphatic heterocycles. The first-order chi connectivity index (χ1) is 4.79. The predicted molar refractivity (Wildman–Crippen MR) is 41.6 cm³/mol. The Bertz CT molecular complexity index is 222. The molecule has 0 N–H and O–H groups in total. The summed E-state index contributed by atoms with van der Waals surface area (Å²) in [5, 5.41) is 0. The third-order valence-electron chi connectivity index (χ3n) is 3.51. The summed E-state index contributed by atoms with van der Waals surface area (Å²) < 4.78 is 0. The molecule has 0 radical (unpaired) electrons. The van der Waals surface area contributed by atoms with Crippen molar-refractivity contribution < 1.29 is 0 Å². The summed E-state index contributed by atoms with van der Waals surface area (Å²) >= 11 is 0. The molecule has 0 saturated heterocycles. The van der Waals surface area contributed by atoms with Crippen LogP contribution >= 0.6 is 0 Å². The van der Waals surface area contributed by atoms with E-state index < -0.39 is 0 Å². The van der Waals surface area contributed by atoms with Crippen LogP contribution in [0.25, 0.3) is 0 Å². The van der Waals surface area contributed by atoms with E-state index in [0.29, 0.717) is 0 Å². The molecule has 10 heavy (non-hydrogen) atoms. The Labute approximate surface area is 62.3 Å². The number of hydrogen-bond donors (Lipinski definition) is 0. The summed E-state index contributed by atoms with van der Waals surface area (Å²) in [7, 11) is 0. The average molecular weight is 134 g/mol. The summed E-state index contributed by atoms with van der Waals surface area (Å²) in [6.45, 7) is 4.69. The second-order valence-electron chi connectivity index (χ2n) is 4.48. The van der Waals surface area contributed by atoms with E-state index in [2.05, 4.69) is 13.8 Å². The van der Waals surface area contributed by atoms with E-state index in [4.69, 9.17) is 0 Å². The molecule has 2 saturated carbocycles. The Morgan fingerprint density at radius 1 is 1.40 bits per heavy atom. The van der Waals surface area contributed by atoms with Crippen molar-refractivity contribution in [2.75, 3.05) is 0 Å². The highest BCUT2D eigenvalue weighted by molar-refractivity contribution is 5.49. The predicted octanol–water partition coefficient (Wildman–Crippen LogP) is 2.61. The summed E-state index contributed by atoms with van der Waals surface area (Å²) in [5.74, 6) is 4.21. The van der Waals surface area contributed by atoms with Gasteiger partial charge in [0.15, 0.2) is 0 Å².